The molecule has 2 rings (SSSR count). The molecular weight excluding hydrogens is 222 g/mol. The van der Waals surface area contributed by atoms with Crippen LogP contribution in [0.25, 0.3) is 0 Å². The topological polar surface area (TPSA) is 83.4 Å². The van der Waals surface area contributed by atoms with Gasteiger partial charge in [-0.2, -0.15) is 0 Å². The van der Waals surface area contributed by atoms with E-state index >= 15 is 0 Å². The molecule has 1 N–H and O–H groups in total. The molecule has 17 heavy (non-hydrogen) atoms. The van der Waals surface area contributed by atoms with Gasteiger partial charge in [-0.25, -0.2) is 0 Å². The molecule has 1 fully saturated rings. The maximum Gasteiger partial charge on any atom is 0.307 e. The van der Waals surface area contributed by atoms with Gasteiger partial charge < -0.3 is 10.0 Å². The molecule has 6 nitrogen and oxygen atoms in total. The van der Waals surface area contributed by atoms with E-state index in [9.17, 15) is 9.59 Å². The molecule has 1 aromatic rings. The largest absolute Gasteiger partial charge is 0.481 e. The molecule has 6 heteroatoms. The molecule has 90 valence electrons. The first-order chi connectivity index (χ1) is 8.09. The first-order valence-electron chi connectivity index (χ1n) is 5.32. The molecule has 1 aromatic heterocycles. The maximum atomic E-state index is 11.8. The second-order valence-electron chi connectivity index (χ2n) is 4.18. The predicted molar refractivity (Wildman–Crippen MR) is 57.7 cm³/mol. The van der Waals surface area contributed by atoms with Gasteiger partial charge in [-0.3, -0.25) is 19.6 Å². The van der Waals surface area contributed by atoms with Crippen molar-refractivity contribution >= 4 is 11.9 Å². The molecule has 1 heterocycles. The zero-order valence-electron chi connectivity index (χ0n) is 9.41. The SMILES string of the molecule is CN(Cc1cnccn1)C(=O)C1CC1C(=O)O. The summed E-state index contributed by atoms with van der Waals surface area (Å²) in [6.45, 7) is 0.357. The first-order valence-corrected chi connectivity index (χ1v) is 5.32. The minimum Gasteiger partial charge on any atom is -0.481 e. The summed E-state index contributed by atoms with van der Waals surface area (Å²) in [6, 6.07) is 0. The lowest BCUT2D eigenvalue weighted by molar-refractivity contribution is -0.141. The van der Waals surface area contributed by atoms with Gasteiger partial charge in [0.05, 0.1) is 30.3 Å². The van der Waals surface area contributed by atoms with Crippen molar-refractivity contribution in [2.24, 2.45) is 11.8 Å². The zero-order valence-corrected chi connectivity index (χ0v) is 9.41. The Morgan fingerprint density at radius 3 is 2.76 bits per heavy atom. The number of carbonyl (C=O) groups is 2. The van der Waals surface area contributed by atoms with Gasteiger partial charge in [0.25, 0.3) is 0 Å². The van der Waals surface area contributed by atoms with Crippen molar-refractivity contribution in [1.29, 1.82) is 0 Å². The van der Waals surface area contributed by atoms with Crippen molar-refractivity contribution in [2.45, 2.75) is 13.0 Å². The van der Waals surface area contributed by atoms with Crippen molar-refractivity contribution < 1.29 is 14.7 Å². The highest BCUT2D eigenvalue weighted by atomic mass is 16.4. The number of carbonyl (C=O) groups excluding carboxylic acids is 1. The molecular formula is C11H13N3O3. The third kappa shape index (κ3) is 2.58. The standard InChI is InChI=1S/C11H13N3O3/c1-14(6-7-5-12-2-3-13-7)10(15)8-4-9(8)11(16)17/h2-3,5,8-9H,4,6H2,1H3,(H,16,17). The summed E-state index contributed by atoms with van der Waals surface area (Å²) in [7, 11) is 1.65. The fourth-order valence-corrected chi connectivity index (χ4v) is 1.76. The van der Waals surface area contributed by atoms with Crippen LogP contribution in [0.2, 0.25) is 0 Å². The zero-order chi connectivity index (χ0) is 12.4. The van der Waals surface area contributed by atoms with E-state index in [1.165, 1.54) is 4.90 Å². The van der Waals surface area contributed by atoms with E-state index in [-0.39, 0.29) is 11.8 Å². The summed E-state index contributed by atoms with van der Waals surface area (Å²) in [5.74, 6) is -1.90. The predicted octanol–water partition coefficient (Wildman–Crippen LogP) is 0.156. The van der Waals surface area contributed by atoms with Gasteiger partial charge in [0.15, 0.2) is 0 Å². The smallest absolute Gasteiger partial charge is 0.307 e. The monoisotopic (exact) mass is 235 g/mol. The molecule has 0 spiro atoms. The quantitative estimate of drug-likeness (QED) is 0.803. The Labute approximate surface area is 98.3 Å². The van der Waals surface area contributed by atoms with Gasteiger partial charge >= 0.3 is 5.97 Å². The summed E-state index contributed by atoms with van der Waals surface area (Å²) >= 11 is 0. The van der Waals surface area contributed by atoms with Gasteiger partial charge in [0.1, 0.15) is 0 Å². The molecule has 0 radical (unpaired) electrons. The van der Waals surface area contributed by atoms with Gasteiger partial charge in [-0.05, 0) is 6.42 Å². The summed E-state index contributed by atoms with van der Waals surface area (Å²) in [5.41, 5.74) is 0.691. The Kier molecular flexibility index (Phi) is 3.03. The third-order valence-electron chi connectivity index (χ3n) is 2.82. The Balaban J connectivity index is 1.91. The highest BCUT2D eigenvalue weighted by Crippen LogP contribution is 2.39. The number of hydrogen-bond acceptors (Lipinski definition) is 4. The molecule has 0 aromatic carbocycles. The van der Waals surface area contributed by atoms with Crippen molar-refractivity contribution in [3.8, 4) is 0 Å². The lowest BCUT2D eigenvalue weighted by Crippen LogP contribution is -2.29. The lowest BCUT2D eigenvalue weighted by atomic mass is 10.2. The molecule has 1 aliphatic carbocycles. The fourth-order valence-electron chi connectivity index (χ4n) is 1.76. The van der Waals surface area contributed by atoms with Crippen LogP contribution in [-0.2, 0) is 16.1 Å². The van der Waals surface area contributed by atoms with Crippen molar-refractivity contribution in [3.05, 3.63) is 24.3 Å². The second-order valence-corrected chi connectivity index (χ2v) is 4.18. The molecule has 2 unspecified atom stereocenters. The lowest BCUT2D eigenvalue weighted by Gasteiger charge is -2.16. The highest BCUT2D eigenvalue weighted by molar-refractivity contribution is 5.89. The van der Waals surface area contributed by atoms with Crippen LogP contribution in [-0.4, -0.2) is 38.9 Å². The van der Waals surface area contributed by atoms with Crippen LogP contribution >= 0.6 is 0 Å². The van der Waals surface area contributed by atoms with Crippen LogP contribution in [0.1, 0.15) is 12.1 Å². The summed E-state index contributed by atoms with van der Waals surface area (Å²) < 4.78 is 0. The van der Waals surface area contributed by atoms with Crippen LogP contribution in [0.3, 0.4) is 0 Å². The third-order valence-corrected chi connectivity index (χ3v) is 2.82. The van der Waals surface area contributed by atoms with Crippen LogP contribution in [0.15, 0.2) is 18.6 Å². The molecule has 1 aliphatic rings. The van der Waals surface area contributed by atoms with Gasteiger partial charge in [-0.1, -0.05) is 0 Å². The number of aromatic nitrogens is 2. The second kappa shape index (κ2) is 4.48. The number of carboxylic acids is 1. The minimum absolute atomic E-state index is 0.136. The number of carboxylic acid groups (broad SMARTS) is 1. The van der Waals surface area contributed by atoms with E-state index in [0.29, 0.717) is 18.7 Å². The normalized spacial score (nSPS) is 21.9. The highest BCUT2D eigenvalue weighted by Gasteiger charge is 2.49. The van der Waals surface area contributed by atoms with E-state index in [0.717, 1.165) is 0 Å². The van der Waals surface area contributed by atoms with E-state index in [2.05, 4.69) is 9.97 Å². The Bertz CT molecular complexity index is 435. The van der Waals surface area contributed by atoms with Gasteiger partial charge in [0, 0.05) is 19.4 Å². The molecule has 2 atom stereocenters. The molecule has 1 saturated carbocycles. The minimum atomic E-state index is -0.892. The van der Waals surface area contributed by atoms with Crippen molar-refractivity contribution in [1.82, 2.24) is 14.9 Å². The Morgan fingerprint density at radius 1 is 1.47 bits per heavy atom. The Hall–Kier alpha value is -1.98. The summed E-state index contributed by atoms with van der Waals surface area (Å²) in [5, 5.41) is 8.75. The molecule has 1 amide bonds. The molecule has 0 saturated heterocycles. The molecule has 0 aliphatic heterocycles. The summed E-state index contributed by atoms with van der Waals surface area (Å²) in [4.78, 5) is 32.0. The van der Waals surface area contributed by atoms with E-state index in [4.69, 9.17) is 5.11 Å². The van der Waals surface area contributed by atoms with E-state index in [1.807, 2.05) is 0 Å². The number of aliphatic carboxylic acids is 1. The van der Waals surface area contributed by atoms with Crippen LogP contribution in [0, 0.1) is 11.8 Å². The van der Waals surface area contributed by atoms with E-state index < -0.39 is 11.9 Å². The number of amides is 1. The van der Waals surface area contributed by atoms with Gasteiger partial charge in [-0.15, -0.1) is 0 Å². The molecule has 0 bridgehead atoms. The van der Waals surface area contributed by atoms with E-state index in [1.54, 1.807) is 25.6 Å². The van der Waals surface area contributed by atoms with Crippen molar-refractivity contribution in [3.63, 3.8) is 0 Å². The van der Waals surface area contributed by atoms with Crippen molar-refractivity contribution in [2.75, 3.05) is 7.05 Å². The van der Waals surface area contributed by atoms with Crippen LogP contribution < -0.4 is 0 Å². The number of rotatable bonds is 4. The average Bonchev–Trinajstić information content (AvgIpc) is 3.09. The van der Waals surface area contributed by atoms with Gasteiger partial charge in [0.2, 0.25) is 5.91 Å². The number of nitrogens with zero attached hydrogens (tertiary/aromatic N) is 3. The fraction of sp³-hybridized carbons (Fsp3) is 0.455. The first kappa shape index (κ1) is 11.5. The number of hydrogen-bond donors (Lipinski definition) is 1. The van der Waals surface area contributed by atoms with Crippen LogP contribution in [0.5, 0.6) is 0 Å². The average molecular weight is 235 g/mol. The Morgan fingerprint density at radius 2 is 2.24 bits per heavy atom. The summed E-state index contributed by atoms with van der Waals surface area (Å²) in [6.07, 6.45) is 5.15. The maximum absolute atomic E-state index is 11.8. The van der Waals surface area contributed by atoms with Crippen LogP contribution in [0.4, 0.5) is 0 Å².